The first-order valence-corrected chi connectivity index (χ1v) is 14.3. The van der Waals surface area contributed by atoms with Gasteiger partial charge in [-0.15, -0.1) is 0 Å². The first-order valence-electron chi connectivity index (χ1n) is 14.3. The van der Waals surface area contributed by atoms with Gasteiger partial charge in [-0.1, -0.05) is 43.5 Å². The highest BCUT2D eigenvalue weighted by atomic mass is 16.6. The molecule has 0 saturated carbocycles. The van der Waals surface area contributed by atoms with Crippen LogP contribution >= 0.6 is 0 Å². The Bertz CT molecular complexity index is 1690. The van der Waals surface area contributed by atoms with Crippen LogP contribution in [0.25, 0.3) is 17.2 Å². The van der Waals surface area contributed by atoms with Gasteiger partial charge in [0.25, 0.3) is 0 Å². The molecule has 0 saturated heterocycles. The largest absolute Gasteiger partial charge is 0.490 e. The maximum atomic E-state index is 12.9. The highest BCUT2D eigenvalue weighted by molar-refractivity contribution is 5.96. The molecule has 9 heteroatoms. The second kappa shape index (κ2) is 16.4. The normalized spacial score (nSPS) is 11.2. The zero-order valence-corrected chi connectivity index (χ0v) is 26.5. The van der Waals surface area contributed by atoms with Crippen LogP contribution in [0.4, 0.5) is 0 Å². The SMILES string of the molecule is C=C(C)C(=O)OCCOc1ccc(-c2ccc(/C=C(\C)C(=O)Oc3ccc(OC(=O)C(=C)C)cc3)c(OC(=O)/C(C)=C\C)c2)cc1. The summed E-state index contributed by atoms with van der Waals surface area (Å²) in [4.78, 5) is 48.8. The average molecular weight is 625 g/mol. The Labute approximate surface area is 268 Å². The maximum Gasteiger partial charge on any atom is 0.339 e. The minimum Gasteiger partial charge on any atom is -0.490 e. The first kappa shape index (κ1) is 34.8. The van der Waals surface area contributed by atoms with Gasteiger partial charge in [0.2, 0.25) is 0 Å². The van der Waals surface area contributed by atoms with Gasteiger partial charge in [-0.3, -0.25) is 0 Å². The molecule has 0 N–H and O–H groups in total. The van der Waals surface area contributed by atoms with Gasteiger partial charge in [0.05, 0.1) is 0 Å². The molecule has 0 unspecified atom stereocenters. The molecule has 3 rings (SSSR count). The average Bonchev–Trinajstić information content (AvgIpc) is 3.04. The lowest BCUT2D eigenvalue weighted by Gasteiger charge is -2.12. The number of rotatable bonds is 13. The topological polar surface area (TPSA) is 114 Å². The second-order valence-electron chi connectivity index (χ2n) is 10.3. The summed E-state index contributed by atoms with van der Waals surface area (Å²) in [5, 5.41) is 0. The van der Waals surface area contributed by atoms with E-state index in [0.717, 1.165) is 11.1 Å². The van der Waals surface area contributed by atoms with E-state index in [1.54, 1.807) is 71.0 Å². The summed E-state index contributed by atoms with van der Waals surface area (Å²) < 4.78 is 27.0. The number of ether oxygens (including phenoxy) is 5. The second-order valence-corrected chi connectivity index (χ2v) is 10.3. The minimum absolute atomic E-state index is 0.0922. The molecule has 3 aromatic carbocycles. The molecule has 0 bridgehead atoms. The van der Waals surface area contributed by atoms with E-state index < -0.39 is 23.9 Å². The molecule has 46 heavy (non-hydrogen) atoms. The van der Waals surface area contributed by atoms with Crippen molar-refractivity contribution in [3.63, 3.8) is 0 Å². The fraction of sp³-hybridized carbons (Fsp3) is 0.189. The molecule has 0 radical (unpaired) electrons. The van der Waals surface area contributed by atoms with Gasteiger partial charge in [-0.2, -0.15) is 0 Å². The van der Waals surface area contributed by atoms with Gasteiger partial charge in [0.1, 0.15) is 36.2 Å². The van der Waals surface area contributed by atoms with Crippen molar-refractivity contribution in [1.29, 1.82) is 0 Å². The standard InChI is InChI=1S/C37H36O9/c1-8-25(6)36(40)46-33-22-28(27-11-13-30(14-12-27)42-19-20-43-34(38)23(2)3)9-10-29(33)21-26(7)37(41)45-32-17-15-31(16-18-32)44-35(39)24(4)5/h8-18,21-22H,2,4,19-20H2,1,3,5-7H3/b25-8-,26-21+. The lowest BCUT2D eigenvalue weighted by molar-refractivity contribution is -0.139. The van der Waals surface area contributed by atoms with Crippen LogP contribution in [0, 0.1) is 0 Å². The Hall–Kier alpha value is -5.70. The maximum absolute atomic E-state index is 12.9. The summed E-state index contributed by atoms with van der Waals surface area (Å²) in [6, 6.07) is 18.5. The number of esters is 4. The molecular formula is C37H36O9. The molecule has 0 aliphatic carbocycles. The van der Waals surface area contributed by atoms with Gasteiger partial charge in [-0.05, 0) is 94.3 Å². The molecule has 0 aromatic heterocycles. The number of carbonyl (C=O) groups is 4. The van der Waals surface area contributed by atoms with Crippen molar-refractivity contribution in [2.75, 3.05) is 13.2 Å². The van der Waals surface area contributed by atoms with Crippen LogP contribution < -0.4 is 18.9 Å². The van der Waals surface area contributed by atoms with Crippen molar-refractivity contribution in [3.8, 4) is 34.1 Å². The third kappa shape index (κ3) is 10.2. The minimum atomic E-state index is -0.623. The van der Waals surface area contributed by atoms with Crippen molar-refractivity contribution in [1.82, 2.24) is 0 Å². The number of hydrogen-bond acceptors (Lipinski definition) is 9. The van der Waals surface area contributed by atoms with E-state index in [2.05, 4.69) is 13.2 Å². The van der Waals surface area contributed by atoms with Crippen molar-refractivity contribution in [3.05, 3.63) is 114 Å². The molecule has 0 aliphatic rings. The molecule has 0 fully saturated rings. The Morgan fingerprint density at radius 3 is 1.70 bits per heavy atom. The van der Waals surface area contributed by atoms with Gasteiger partial charge >= 0.3 is 23.9 Å². The Morgan fingerprint density at radius 2 is 1.13 bits per heavy atom. The summed E-state index contributed by atoms with van der Waals surface area (Å²) in [7, 11) is 0. The van der Waals surface area contributed by atoms with Crippen LogP contribution in [0.15, 0.2) is 108 Å². The molecule has 3 aromatic rings. The zero-order chi connectivity index (χ0) is 33.8. The monoisotopic (exact) mass is 624 g/mol. The molecule has 0 amide bonds. The molecule has 0 spiro atoms. The number of carbonyl (C=O) groups excluding carboxylic acids is 4. The van der Waals surface area contributed by atoms with Crippen LogP contribution in [0.2, 0.25) is 0 Å². The van der Waals surface area contributed by atoms with E-state index in [0.29, 0.717) is 22.5 Å². The van der Waals surface area contributed by atoms with E-state index >= 15 is 0 Å². The Morgan fingerprint density at radius 1 is 0.609 bits per heavy atom. The Kier molecular flexibility index (Phi) is 12.4. The van der Waals surface area contributed by atoms with E-state index in [-0.39, 0.29) is 41.6 Å². The number of benzene rings is 3. The van der Waals surface area contributed by atoms with E-state index in [4.69, 9.17) is 23.7 Å². The van der Waals surface area contributed by atoms with Crippen molar-refractivity contribution < 1.29 is 42.9 Å². The van der Waals surface area contributed by atoms with Gasteiger partial charge in [-0.25, -0.2) is 19.2 Å². The summed E-state index contributed by atoms with van der Waals surface area (Å²) in [5.74, 6) is -0.815. The van der Waals surface area contributed by atoms with E-state index in [1.807, 2.05) is 18.2 Å². The van der Waals surface area contributed by atoms with E-state index in [9.17, 15) is 19.2 Å². The highest BCUT2D eigenvalue weighted by Crippen LogP contribution is 2.31. The predicted molar refractivity (Wildman–Crippen MR) is 174 cm³/mol. The fourth-order valence-corrected chi connectivity index (χ4v) is 3.63. The van der Waals surface area contributed by atoms with Gasteiger partial charge < -0.3 is 23.7 Å². The highest BCUT2D eigenvalue weighted by Gasteiger charge is 2.15. The van der Waals surface area contributed by atoms with Crippen molar-refractivity contribution in [2.45, 2.75) is 34.6 Å². The molecule has 0 atom stereocenters. The van der Waals surface area contributed by atoms with Crippen LogP contribution in [-0.4, -0.2) is 37.1 Å². The van der Waals surface area contributed by atoms with Crippen molar-refractivity contribution >= 4 is 30.0 Å². The lowest BCUT2D eigenvalue weighted by atomic mass is 10.0. The molecular weight excluding hydrogens is 588 g/mol. The van der Waals surface area contributed by atoms with Crippen LogP contribution in [0.3, 0.4) is 0 Å². The van der Waals surface area contributed by atoms with Crippen molar-refractivity contribution in [2.24, 2.45) is 0 Å². The molecule has 9 nitrogen and oxygen atoms in total. The van der Waals surface area contributed by atoms with Crippen LogP contribution in [0.5, 0.6) is 23.0 Å². The van der Waals surface area contributed by atoms with E-state index in [1.165, 1.54) is 24.3 Å². The smallest absolute Gasteiger partial charge is 0.339 e. The third-order valence-corrected chi connectivity index (χ3v) is 6.38. The third-order valence-electron chi connectivity index (χ3n) is 6.38. The quantitative estimate of drug-likeness (QED) is 0.0842. The van der Waals surface area contributed by atoms with Gasteiger partial charge in [0.15, 0.2) is 0 Å². The van der Waals surface area contributed by atoms with Crippen LogP contribution in [0.1, 0.15) is 40.2 Å². The summed E-state index contributed by atoms with van der Waals surface area (Å²) in [6.07, 6.45) is 3.22. The molecule has 0 heterocycles. The zero-order valence-electron chi connectivity index (χ0n) is 26.5. The molecule has 0 aliphatic heterocycles. The fourth-order valence-electron chi connectivity index (χ4n) is 3.63. The summed E-state index contributed by atoms with van der Waals surface area (Å²) in [5.41, 5.74) is 3.32. The first-order chi connectivity index (χ1) is 21.9. The Balaban J connectivity index is 1.77. The summed E-state index contributed by atoms with van der Waals surface area (Å²) in [6.45, 7) is 15.4. The number of hydrogen-bond donors (Lipinski definition) is 0. The number of allylic oxidation sites excluding steroid dienone is 1. The molecule has 238 valence electrons. The predicted octanol–water partition coefficient (Wildman–Crippen LogP) is 7.21. The summed E-state index contributed by atoms with van der Waals surface area (Å²) >= 11 is 0. The lowest BCUT2D eigenvalue weighted by Crippen LogP contribution is -2.12. The van der Waals surface area contributed by atoms with Gasteiger partial charge in [0, 0.05) is 27.9 Å². The van der Waals surface area contributed by atoms with Crippen LogP contribution in [-0.2, 0) is 23.9 Å².